The smallest absolute Gasteiger partial charge is 0.243 e. The molecule has 116 valence electrons. The summed E-state index contributed by atoms with van der Waals surface area (Å²) in [4.78, 5) is 0.435. The summed E-state index contributed by atoms with van der Waals surface area (Å²) in [6.07, 6.45) is 5.47. The third-order valence-electron chi connectivity index (χ3n) is 4.36. The van der Waals surface area contributed by atoms with Crippen LogP contribution in [0.2, 0.25) is 0 Å². The number of hydrogen-bond donors (Lipinski definition) is 1. The van der Waals surface area contributed by atoms with E-state index in [0.717, 1.165) is 31.4 Å². The molecule has 21 heavy (non-hydrogen) atoms. The van der Waals surface area contributed by atoms with Gasteiger partial charge in [0, 0.05) is 18.6 Å². The summed E-state index contributed by atoms with van der Waals surface area (Å²) in [6.45, 7) is 3.55. The van der Waals surface area contributed by atoms with E-state index in [1.807, 2.05) is 19.1 Å². The molecule has 1 N–H and O–H groups in total. The Morgan fingerprint density at radius 2 is 2.05 bits per heavy atom. The molecule has 1 unspecified atom stereocenters. The number of nitrogens with one attached hydrogen (secondary N) is 1. The Balaban J connectivity index is 1.82. The van der Waals surface area contributed by atoms with E-state index in [1.54, 1.807) is 16.4 Å². The van der Waals surface area contributed by atoms with Gasteiger partial charge < -0.3 is 5.32 Å². The van der Waals surface area contributed by atoms with Crippen molar-refractivity contribution in [1.29, 1.82) is 0 Å². The first kappa shape index (κ1) is 15.0. The van der Waals surface area contributed by atoms with E-state index in [4.69, 9.17) is 0 Å². The summed E-state index contributed by atoms with van der Waals surface area (Å²) in [5.74, 6) is 0. The third kappa shape index (κ3) is 3.47. The number of sulfonamides is 1. The molecule has 1 saturated heterocycles. The first-order valence-electron chi connectivity index (χ1n) is 7.89. The highest BCUT2D eigenvalue weighted by Gasteiger charge is 2.39. The maximum absolute atomic E-state index is 12.9. The van der Waals surface area contributed by atoms with Crippen LogP contribution in [0.15, 0.2) is 29.2 Å². The van der Waals surface area contributed by atoms with Gasteiger partial charge in [-0.3, -0.25) is 0 Å². The largest absolute Gasteiger partial charge is 0.313 e. The maximum atomic E-state index is 12.9. The van der Waals surface area contributed by atoms with E-state index < -0.39 is 10.0 Å². The second-order valence-corrected chi connectivity index (χ2v) is 8.16. The van der Waals surface area contributed by atoms with Crippen LogP contribution in [0, 0.1) is 6.92 Å². The Morgan fingerprint density at radius 1 is 1.24 bits per heavy atom. The fourth-order valence-electron chi connectivity index (χ4n) is 3.01. The third-order valence-corrected chi connectivity index (χ3v) is 6.28. The SMILES string of the molecule is Cc1cccc(S(=O)(=O)N(CC2CCCCN2)C2CC2)c1. The van der Waals surface area contributed by atoms with Gasteiger partial charge in [0.1, 0.15) is 0 Å². The molecule has 0 aromatic heterocycles. The molecule has 1 saturated carbocycles. The van der Waals surface area contributed by atoms with Gasteiger partial charge in [0.25, 0.3) is 0 Å². The number of rotatable bonds is 5. The molecule has 1 aromatic carbocycles. The molecule has 1 aliphatic heterocycles. The molecular weight excluding hydrogens is 284 g/mol. The number of hydrogen-bond acceptors (Lipinski definition) is 3. The van der Waals surface area contributed by atoms with Gasteiger partial charge in [0.05, 0.1) is 4.90 Å². The first-order chi connectivity index (χ1) is 10.1. The molecule has 4 nitrogen and oxygen atoms in total. The van der Waals surface area contributed by atoms with Crippen LogP contribution < -0.4 is 5.32 Å². The molecule has 0 amide bonds. The van der Waals surface area contributed by atoms with Crippen LogP contribution >= 0.6 is 0 Å². The second kappa shape index (κ2) is 6.07. The minimum atomic E-state index is -3.37. The molecule has 1 heterocycles. The molecule has 3 rings (SSSR count). The van der Waals surface area contributed by atoms with Gasteiger partial charge in [-0.25, -0.2) is 8.42 Å². The average molecular weight is 308 g/mol. The lowest BCUT2D eigenvalue weighted by Crippen LogP contribution is -2.46. The van der Waals surface area contributed by atoms with E-state index in [1.165, 1.54) is 12.8 Å². The second-order valence-electron chi connectivity index (χ2n) is 6.27. The van der Waals surface area contributed by atoms with Crippen molar-refractivity contribution in [2.45, 2.75) is 56.0 Å². The quantitative estimate of drug-likeness (QED) is 0.908. The fourth-order valence-corrected chi connectivity index (χ4v) is 4.85. The monoisotopic (exact) mass is 308 g/mol. The molecule has 0 radical (unpaired) electrons. The van der Waals surface area contributed by atoms with E-state index in [9.17, 15) is 8.42 Å². The Kier molecular flexibility index (Phi) is 4.33. The molecule has 1 aromatic rings. The molecule has 2 fully saturated rings. The normalized spacial score (nSPS) is 23.4. The van der Waals surface area contributed by atoms with E-state index in [2.05, 4.69) is 5.32 Å². The van der Waals surface area contributed by atoms with Crippen molar-refractivity contribution in [3.63, 3.8) is 0 Å². The fraction of sp³-hybridized carbons (Fsp3) is 0.625. The van der Waals surface area contributed by atoms with Crippen molar-refractivity contribution < 1.29 is 8.42 Å². The minimum Gasteiger partial charge on any atom is -0.313 e. The van der Waals surface area contributed by atoms with E-state index >= 15 is 0 Å². The van der Waals surface area contributed by atoms with Gasteiger partial charge in [-0.15, -0.1) is 0 Å². The van der Waals surface area contributed by atoms with Crippen LogP contribution in [0.4, 0.5) is 0 Å². The van der Waals surface area contributed by atoms with Crippen molar-refractivity contribution in [3.8, 4) is 0 Å². The van der Waals surface area contributed by atoms with Crippen molar-refractivity contribution in [1.82, 2.24) is 9.62 Å². The molecule has 5 heteroatoms. The van der Waals surface area contributed by atoms with Gasteiger partial charge in [0.2, 0.25) is 10.0 Å². The summed E-state index contributed by atoms with van der Waals surface area (Å²) in [5.41, 5.74) is 0.989. The highest BCUT2D eigenvalue weighted by Crippen LogP contribution is 2.32. The predicted octanol–water partition coefficient (Wildman–Crippen LogP) is 2.29. The predicted molar refractivity (Wildman–Crippen MR) is 83.7 cm³/mol. The summed E-state index contributed by atoms with van der Waals surface area (Å²) in [6, 6.07) is 7.76. The molecule has 0 bridgehead atoms. The zero-order chi connectivity index (χ0) is 14.9. The van der Waals surface area contributed by atoms with Crippen LogP contribution in [0.3, 0.4) is 0 Å². The molecule has 2 aliphatic rings. The molecule has 1 atom stereocenters. The lowest BCUT2D eigenvalue weighted by molar-refractivity contribution is 0.307. The Bertz CT molecular complexity index is 590. The van der Waals surface area contributed by atoms with Crippen LogP contribution in [0.25, 0.3) is 0 Å². The van der Waals surface area contributed by atoms with Crippen LogP contribution in [-0.2, 0) is 10.0 Å². The Morgan fingerprint density at radius 3 is 2.67 bits per heavy atom. The summed E-state index contributed by atoms with van der Waals surface area (Å²) < 4.78 is 27.6. The van der Waals surface area contributed by atoms with E-state index in [0.29, 0.717) is 17.5 Å². The van der Waals surface area contributed by atoms with Gasteiger partial charge >= 0.3 is 0 Å². The van der Waals surface area contributed by atoms with Crippen molar-refractivity contribution in [3.05, 3.63) is 29.8 Å². The average Bonchev–Trinajstić information content (AvgIpc) is 3.30. The lowest BCUT2D eigenvalue weighted by atomic mass is 10.1. The summed E-state index contributed by atoms with van der Waals surface area (Å²) >= 11 is 0. The topological polar surface area (TPSA) is 49.4 Å². The van der Waals surface area contributed by atoms with Gasteiger partial charge in [0.15, 0.2) is 0 Å². The molecule has 0 spiro atoms. The minimum absolute atomic E-state index is 0.208. The zero-order valence-corrected chi connectivity index (χ0v) is 13.4. The van der Waals surface area contributed by atoms with Gasteiger partial charge in [-0.2, -0.15) is 4.31 Å². The van der Waals surface area contributed by atoms with Crippen molar-refractivity contribution in [2.24, 2.45) is 0 Å². The number of nitrogens with zero attached hydrogens (tertiary/aromatic N) is 1. The van der Waals surface area contributed by atoms with Gasteiger partial charge in [-0.1, -0.05) is 18.6 Å². The number of aryl methyl sites for hydroxylation is 1. The van der Waals surface area contributed by atoms with E-state index in [-0.39, 0.29) is 6.04 Å². The van der Waals surface area contributed by atoms with Crippen molar-refractivity contribution >= 4 is 10.0 Å². The van der Waals surface area contributed by atoms with Crippen LogP contribution in [0.1, 0.15) is 37.7 Å². The molecule has 1 aliphatic carbocycles. The zero-order valence-electron chi connectivity index (χ0n) is 12.6. The lowest BCUT2D eigenvalue weighted by Gasteiger charge is -2.30. The highest BCUT2D eigenvalue weighted by molar-refractivity contribution is 7.89. The number of piperidine rings is 1. The standard InChI is InChI=1S/C16H24N2O2S/c1-13-5-4-7-16(11-13)21(19,20)18(15-8-9-15)12-14-6-2-3-10-17-14/h4-5,7,11,14-15,17H,2-3,6,8-10,12H2,1H3. The summed E-state index contributed by atoms with van der Waals surface area (Å²) in [7, 11) is -3.37. The van der Waals surface area contributed by atoms with Crippen LogP contribution in [-0.4, -0.2) is 37.9 Å². The maximum Gasteiger partial charge on any atom is 0.243 e. The number of benzene rings is 1. The Hall–Kier alpha value is -0.910. The van der Waals surface area contributed by atoms with Crippen molar-refractivity contribution in [2.75, 3.05) is 13.1 Å². The highest BCUT2D eigenvalue weighted by atomic mass is 32.2. The molecular formula is C16H24N2O2S. The first-order valence-corrected chi connectivity index (χ1v) is 9.33. The van der Waals surface area contributed by atoms with Crippen LogP contribution in [0.5, 0.6) is 0 Å². The summed E-state index contributed by atoms with van der Waals surface area (Å²) in [5, 5.41) is 3.46. The van der Waals surface area contributed by atoms with Gasteiger partial charge in [-0.05, 0) is 56.8 Å². The Labute approximate surface area is 127 Å².